The molecule has 0 saturated heterocycles. The third-order valence-corrected chi connectivity index (χ3v) is 2.47. The minimum atomic E-state index is -0.164. The highest BCUT2D eigenvalue weighted by molar-refractivity contribution is 5.93. The molecule has 100 valence electrons. The second kappa shape index (κ2) is 6.48. The number of hydrogen-bond acceptors (Lipinski definition) is 5. The molecule has 1 amide bonds. The van der Waals surface area contributed by atoms with Crippen LogP contribution < -0.4 is 10.6 Å². The molecular weight excluding hydrogens is 244 g/mol. The summed E-state index contributed by atoms with van der Waals surface area (Å²) in [6.45, 7) is 3.86. The molecule has 2 rings (SSSR count). The third-order valence-electron chi connectivity index (χ3n) is 2.47. The maximum absolute atomic E-state index is 11.6. The van der Waals surface area contributed by atoms with Gasteiger partial charge in [-0.2, -0.15) is 0 Å². The van der Waals surface area contributed by atoms with Crippen LogP contribution in [0.5, 0.6) is 0 Å². The first-order valence-electron chi connectivity index (χ1n) is 6.12. The van der Waals surface area contributed by atoms with E-state index in [0.29, 0.717) is 25.3 Å². The number of nitrogens with zero attached hydrogens (tertiary/aromatic N) is 4. The van der Waals surface area contributed by atoms with Gasteiger partial charge in [0.1, 0.15) is 5.69 Å². The maximum atomic E-state index is 11.6. The van der Waals surface area contributed by atoms with E-state index in [1.807, 2.05) is 13.0 Å². The van der Waals surface area contributed by atoms with Crippen LogP contribution in [0.4, 0.5) is 5.69 Å². The number of carbonyl (C=O) groups excluding carboxylic acids is 1. The van der Waals surface area contributed by atoms with E-state index in [4.69, 9.17) is 0 Å². The molecule has 0 aliphatic heterocycles. The first kappa shape index (κ1) is 13.0. The van der Waals surface area contributed by atoms with Gasteiger partial charge in [0, 0.05) is 31.2 Å². The van der Waals surface area contributed by atoms with Gasteiger partial charge in [0.2, 0.25) is 0 Å². The summed E-state index contributed by atoms with van der Waals surface area (Å²) in [5.74, 6) is -0.164. The van der Waals surface area contributed by atoms with E-state index < -0.39 is 0 Å². The molecule has 2 aromatic heterocycles. The van der Waals surface area contributed by atoms with Gasteiger partial charge < -0.3 is 10.6 Å². The SMILES string of the molecule is CCNC(=O)c1cc(NCCn2ccnn2)ccn1. The minimum Gasteiger partial charge on any atom is -0.383 e. The van der Waals surface area contributed by atoms with Crippen molar-refractivity contribution in [2.75, 3.05) is 18.4 Å². The minimum absolute atomic E-state index is 0.164. The standard InChI is InChI=1S/C12H16N6O/c1-2-13-12(19)11-9-10(3-4-15-11)14-5-7-18-8-6-16-17-18/h3-4,6,8-9H,2,5,7H2,1H3,(H,13,19)(H,14,15). The number of pyridine rings is 1. The van der Waals surface area contributed by atoms with Gasteiger partial charge >= 0.3 is 0 Å². The van der Waals surface area contributed by atoms with Crippen molar-refractivity contribution in [2.45, 2.75) is 13.5 Å². The lowest BCUT2D eigenvalue weighted by atomic mass is 10.3. The zero-order chi connectivity index (χ0) is 13.5. The van der Waals surface area contributed by atoms with Gasteiger partial charge in [-0.05, 0) is 19.1 Å². The highest BCUT2D eigenvalue weighted by Gasteiger charge is 2.05. The molecule has 2 N–H and O–H groups in total. The largest absolute Gasteiger partial charge is 0.383 e. The Kier molecular flexibility index (Phi) is 4.44. The summed E-state index contributed by atoms with van der Waals surface area (Å²) in [7, 11) is 0. The van der Waals surface area contributed by atoms with Gasteiger partial charge in [-0.25, -0.2) is 0 Å². The van der Waals surface area contributed by atoms with E-state index in [9.17, 15) is 4.79 Å². The Balaban J connectivity index is 1.90. The van der Waals surface area contributed by atoms with E-state index in [2.05, 4.69) is 25.9 Å². The fourth-order valence-corrected chi connectivity index (χ4v) is 1.58. The molecule has 0 fully saturated rings. The summed E-state index contributed by atoms with van der Waals surface area (Å²) in [6, 6.07) is 3.55. The van der Waals surface area contributed by atoms with Crippen LogP contribution in [0.2, 0.25) is 0 Å². The molecule has 7 heteroatoms. The van der Waals surface area contributed by atoms with Gasteiger partial charge in [-0.3, -0.25) is 14.5 Å². The summed E-state index contributed by atoms with van der Waals surface area (Å²) in [4.78, 5) is 15.7. The van der Waals surface area contributed by atoms with Crippen molar-refractivity contribution in [3.63, 3.8) is 0 Å². The number of carbonyl (C=O) groups is 1. The summed E-state index contributed by atoms with van der Waals surface area (Å²) in [6.07, 6.45) is 5.05. The number of amides is 1. The monoisotopic (exact) mass is 260 g/mol. The summed E-state index contributed by atoms with van der Waals surface area (Å²) in [5, 5.41) is 13.5. The van der Waals surface area contributed by atoms with E-state index in [1.54, 1.807) is 29.3 Å². The van der Waals surface area contributed by atoms with E-state index in [1.165, 1.54) is 0 Å². The first-order valence-corrected chi connectivity index (χ1v) is 6.12. The van der Waals surface area contributed by atoms with E-state index in [0.717, 1.165) is 5.69 Å². The van der Waals surface area contributed by atoms with Crippen molar-refractivity contribution in [3.8, 4) is 0 Å². The second-order valence-electron chi connectivity index (χ2n) is 3.88. The van der Waals surface area contributed by atoms with Crippen molar-refractivity contribution in [2.24, 2.45) is 0 Å². The Hall–Kier alpha value is -2.44. The molecule has 2 heterocycles. The summed E-state index contributed by atoms with van der Waals surface area (Å²) >= 11 is 0. The number of anilines is 1. The molecule has 19 heavy (non-hydrogen) atoms. The molecule has 0 atom stereocenters. The molecule has 2 aromatic rings. The number of nitrogens with one attached hydrogen (secondary N) is 2. The molecule has 0 aliphatic rings. The summed E-state index contributed by atoms with van der Waals surface area (Å²) in [5.41, 5.74) is 1.27. The van der Waals surface area contributed by atoms with Crippen molar-refractivity contribution >= 4 is 11.6 Å². The molecular formula is C12H16N6O. The highest BCUT2D eigenvalue weighted by atomic mass is 16.1. The zero-order valence-electron chi connectivity index (χ0n) is 10.7. The predicted octanol–water partition coefficient (Wildman–Crippen LogP) is 0.535. The molecule has 0 bridgehead atoms. The fraction of sp³-hybridized carbons (Fsp3) is 0.333. The van der Waals surface area contributed by atoms with Crippen LogP contribution in [0.15, 0.2) is 30.7 Å². The van der Waals surface area contributed by atoms with Crippen molar-refractivity contribution in [3.05, 3.63) is 36.4 Å². The van der Waals surface area contributed by atoms with Gasteiger partial charge in [-0.1, -0.05) is 5.21 Å². The predicted molar refractivity (Wildman–Crippen MR) is 70.8 cm³/mol. The maximum Gasteiger partial charge on any atom is 0.269 e. The Morgan fingerprint density at radius 1 is 1.42 bits per heavy atom. The van der Waals surface area contributed by atoms with Crippen LogP contribution in [-0.4, -0.2) is 39.0 Å². The molecule has 0 saturated carbocycles. The lowest BCUT2D eigenvalue weighted by Crippen LogP contribution is -2.23. The first-order chi connectivity index (χ1) is 9.29. The number of aromatic nitrogens is 4. The van der Waals surface area contributed by atoms with Gasteiger partial charge in [0.15, 0.2) is 0 Å². The van der Waals surface area contributed by atoms with Gasteiger partial charge in [0.25, 0.3) is 5.91 Å². The molecule has 7 nitrogen and oxygen atoms in total. The van der Waals surface area contributed by atoms with Crippen molar-refractivity contribution < 1.29 is 4.79 Å². The average Bonchev–Trinajstić information content (AvgIpc) is 2.93. The topological polar surface area (TPSA) is 84.7 Å². The second-order valence-corrected chi connectivity index (χ2v) is 3.88. The zero-order valence-corrected chi connectivity index (χ0v) is 10.7. The Labute approximate surface area is 111 Å². The molecule has 0 aromatic carbocycles. The molecule has 0 aliphatic carbocycles. The van der Waals surface area contributed by atoms with Crippen LogP contribution in [0.3, 0.4) is 0 Å². The van der Waals surface area contributed by atoms with Gasteiger partial charge in [0.05, 0.1) is 12.7 Å². The van der Waals surface area contributed by atoms with Crippen LogP contribution in [0.1, 0.15) is 17.4 Å². The van der Waals surface area contributed by atoms with Crippen molar-refractivity contribution in [1.82, 2.24) is 25.3 Å². The smallest absolute Gasteiger partial charge is 0.269 e. The average molecular weight is 260 g/mol. The van der Waals surface area contributed by atoms with Crippen molar-refractivity contribution in [1.29, 1.82) is 0 Å². The Bertz CT molecular complexity index is 525. The molecule has 0 spiro atoms. The van der Waals surface area contributed by atoms with Crippen LogP contribution >= 0.6 is 0 Å². The van der Waals surface area contributed by atoms with E-state index in [-0.39, 0.29) is 5.91 Å². The lowest BCUT2D eigenvalue weighted by Gasteiger charge is -2.07. The van der Waals surface area contributed by atoms with Crippen LogP contribution in [0, 0.1) is 0 Å². The fourth-order valence-electron chi connectivity index (χ4n) is 1.58. The van der Waals surface area contributed by atoms with Crippen LogP contribution in [0.25, 0.3) is 0 Å². The van der Waals surface area contributed by atoms with Crippen LogP contribution in [-0.2, 0) is 6.54 Å². The third kappa shape index (κ3) is 3.77. The highest BCUT2D eigenvalue weighted by Crippen LogP contribution is 2.07. The normalized spacial score (nSPS) is 10.2. The quantitative estimate of drug-likeness (QED) is 0.791. The Morgan fingerprint density at radius 2 is 2.32 bits per heavy atom. The lowest BCUT2D eigenvalue weighted by molar-refractivity contribution is 0.0951. The number of hydrogen-bond donors (Lipinski definition) is 2. The summed E-state index contributed by atoms with van der Waals surface area (Å²) < 4.78 is 1.74. The molecule has 0 radical (unpaired) electrons. The van der Waals surface area contributed by atoms with Gasteiger partial charge in [-0.15, -0.1) is 5.10 Å². The van der Waals surface area contributed by atoms with E-state index >= 15 is 0 Å². The Morgan fingerprint density at radius 3 is 3.05 bits per heavy atom. The number of rotatable bonds is 6. The molecule has 0 unspecified atom stereocenters.